The van der Waals surface area contributed by atoms with E-state index < -0.39 is 0 Å². The van der Waals surface area contributed by atoms with E-state index in [1.165, 1.54) is 51.4 Å². The summed E-state index contributed by atoms with van der Waals surface area (Å²) in [5, 5.41) is 0. The second kappa shape index (κ2) is 6.73. The Morgan fingerprint density at radius 3 is 2.55 bits per heavy atom. The van der Waals surface area contributed by atoms with Crippen LogP contribution in [0.4, 0.5) is 0 Å². The maximum Gasteiger partial charge on any atom is 0.308 e. The molecule has 0 aromatic heterocycles. The van der Waals surface area contributed by atoms with E-state index in [1.807, 2.05) is 14.0 Å². The minimum Gasteiger partial charge on any atom is -0.462 e. The first-order valence-electron chi connectivity index (χ1n) is 13.5. The normalized spacial score (nSPS) is 58.5. The fraction of sp³-hybridized carbons (Fsp3) is 0.964. The van der Waals surface area contributed by atoms with Crippen molar-refractivity contribution in [2.24, 2.45) is 57.7 Å². The van der Waals surface area contributed by atoms with Crippen molar-refractivity contribution in [1.82, 2.24) is 0 Å². The number of rotatable bonds is 3. The molecule has 3 nitrogen and oxygen atoms in total. The van der Waals surface area contributed by atoms with E-state index in [9.17, 15) is 4.79 Å². The molecule has 6 fully saturated rings. The first-order valence-corrected chi connectivity index (χ1v) is 13.5. The summed E-state index contributed by atoms with van der Waals surface area (Å²) < 4.78 is 12.3. The Morgan fingerprint density at radius 1 is 1.03 bits per heavy atom. The van der Waals surface area contributed by atoms with E-state index in [0.717, 1.165) is 36.5 Å². The van der Waals surface area contributed by atoms with E-state index in [2.05, 4.69) is 20.8 Å². The Morgan fingerprint density at radius 2 is 1.84 bits per heavy atom. The topological polar surface area (TPSA) is 35.5 Å². The Hall–Kier alpha value is -0.570. The van der Waals surface area contributed by atoms with Crippen molar-refractivity contribution in [3.05, 3.63) is 0 Å². The summed E-state index contributed by atoms with van der Waals surface area (Å²) in [5.41, 5.74) is 1.45. The van der Waals surface area contributed by atoms with Gasteiger partial charge in [0.15, 0.2) is 0 Å². The van der Waals surface area contributed by atoms with Crippen LogP contribution in [0.15, 0.2) is 0 Å². The summed E-state index contributed by atoms with van der Waals surface area (Å²) in [6.45, 7) is 9.72. The molecule has 0 aromatic rings. The molecule has 12 atom stereocenters. The molecular formula is C28H44O3. The molecule has 3 heteroatoms. The zero-order chi connectivity index (χ0) is 21.8. The summed E-state index contributed by atoms with van der Waals surface area (Å²) in [7, 11) is 1.99. The molecule has 0 aromatic carbocycles. The van der Waals surface area contributed by atoms with Crippen LogP contribution in [-0.2, 0) is 14.3 Å². The number of hydrogen-bond acceptors (Lipinski definition) is 3. The summed E-state index contributed by atoms with van der Waals surface area (Å²) >= 11 is 0. The first-order chi connectivity index (χ1) is 14.8. The maximum absolute atomic E-state index is 12.3. The molecule has 0 bridgehead atoms. The van der Waals surface area contributed by atoms with Crippen molar-refractivity contribution >= 4 is 5.97 Å². The average molecular weight is 429 g/mol. The SMILES string of the molecule is CO[C@@H]1C[C@H]2[C@@H]3CC[C@H]([C@H](C)[C@H]4CCC(C)C(=O)O4)[C@@]3(C)CC[C@@H]2[C@@]2(C)CC[C@H]3C[C@]312. The minimum absolute atomic E-state index is 0.0418. The molecule has 0 radical (unpaired) electrons. The molecule has 0 N–H and O–H groups in total. The molecule has 0 amide bonds. The predicted octanol–water partition coefficient (Wildman–Crippen LogP) is 6.25. The van der Waals surface area contributed by atoms with Gasteiger partial charge in [-0.15, -0.1) is 0 Å². The molecule has 174 valence electrons. The van der Waals surface area contributed by atoms with Crippen molar-refractivity contribution in [1.29, 1.82) is 0 Å². The third-order valence-electron chi connectivity index (χ3n) is 12.7. The van der Waals surface area contributed by atoms with Crippen LogP contribution < -0.4 is 0 Å². The Balaban J connectivity index is 1.26. The molecule has 31 heavy (non-hydrogen) atoms. The van der Waals surface area contributed by atoms with Gasteiger partial charge in [0, 0.05) is 12.5 Å². The van der Waals surface area contributed by atoms with Crippen molar-refractivity contribution in [2.75, 3.05) is 7.11 Å². The monoisotopic (exact) mass is 428 g/mol. The van der Waals surface area contributed by atoms with Crippen molar-refractivity contribution in [2.45, 2.75) is 104 Å². The van der Waals surface area contributed by atoms with Gasteiger partial charge in [-0.2, -0.15) is 0 Å². The Labute approximate surface area is 189 Å². The highest BCUT2D eigenvalue weighted by atomic mass is 16.5. The molecule has 1 heterocycles. The first kappa shape index (κ1) is 21.0. The summed E-state index contributed by atoms with van der Waals surface area (Å²) in [6, 6.07) is 0. The minimum atomic E-state index is 0.0418. The fourth-order valence-electron chi connectivity index (χ4n) is 11.0. The average Bonchev–Trinajstić information content (AvgIpc) is 3.26. The Bertz CT molecular complexity index is 763. The van der Waals surface area contributed by atoms with Gasteiger partial charge in [0.1, 0.15) is 6.10 Å². The zero-order valence-corrected chi connectivity index (χ0v) is 20.5. The van der Waals surface area contributed by atoms with Crippen LogP contribution in [0.3, 0.4) is 0 Å². The van der Waals surface area contributed by atoms with Crippen molar-refractivity contribution in [3.63, 3.8) is 0 Å². The summed E-state index contributed by atoms with van der Waals surface area (Å²) in [4.78, 5) is 12.3. The van der Waals surface area contributed by atoms with Crippen LogP contribution in [0, 0.1) is 57.7 Å². The quantitative estimate of drug-likeness (QED) is 0.499. The van der Waals surface area contributed by atoms with E-state index in [-0.39, 0.29) is 18.0 Å². The fourth-order valence-corrected chi connectivity index (χ4v) is 11.0. The predicted molar refractivity (Wildman–Crippen MR) is 121 cm³/mol. The lowest BCUT2D eigenvalue weighted by Crippen LogP contribution is -2.57. The number of fused-ring (bicyclic) bond motifs is 4. The van der Waals surface area contributed by atoms with Gasteiger partial charge in [-0.05, 0) is 111 Å². The molecule has 1 unspecified atom stereocenters. The Kier molecular flexibility index (Phi) is 4.56. The van der Waals surface area contributed by atoms with Gasteiger partial charge >= 0.3 is 5.97 Å². The highest BCUT2D eigenvalue weighted by molar-refractivity contribution is 5.72. The van der Waals surface area contributed by atoms with Crippen LogP contribution in [0.2, 0.25) is 0 Å². The van der Waals surface area contributed by atoms with E-state index in [0.29, 0.717) is 34.2 Å². The van der Waals surface area contributed by atoms with Crippen molar-refractivity contribution in [3.8, 4) is 0 Å². The third kappa shape index (κ3) is 2.54. The van der Waals surface area contributed by atoms with Crippen LogP contribution in [0.1, 0.15) is 91.9 Å². The van der Waals surface area contributed by atoms with Gasteiger partial charge in [0.05, 0.1) is 12.0 Å². The van der Waals surface area contributed by atoms with Gasteiger partial charge in [-0.25, -0.2) is 0 Å². The lowest BCUT2D eigenvalue weighted by atomic mass is 9.45. The number of hydrogen-bond donors (Lipinski definition) is 0. The molecule has 5 aliphatic carbocycles. The molecule has 6 rings (SSSR count). The van der Waals surface area contributed by atoms with Crippen LogP contribution in [0.5, 0.6) is 0 Å². The summed E-state index contributed by atoms with van der Waals surface area (Å²) in [5.74, 6) is 4.86. The van der Waals surface area contributed by atoms with Crippen LogP contribution >= 0.6 is 0 Å². The van der Waals surface area contributed by atoms with E-state index in [1.54, 1.807) is 0 Å². The number of cyclic esters (lactones) is 1. The maximum atomic E-state index is 12.3. The number of carbonyl (C=O) groups is 1. The number of methoxy groups -OCH3 is 1. The third-order valence-corrected chi connectivity index (χ3v) is 12.7. The van der Waals surface area contributed by atoms with E-state index in [4.69, 9.17) is 9.47 Å². The van der Waals surface area contributed by atoms with Gasteiger partial charge in [0.2, 0.25) is 0 Å². The van der Waals surface area contributed by atoms with Crippen LogP contribution in [0.25, 0.3) is 0 Å². The van der Waals surface area contributed by atoms with Crippen molar-refractivity contribution < 1.29 is 14.3 Å². The largest absolute Gasteiger partial charge is 0.462 e. The highest BCUT2D eigenvalue weighted by Crippen LogP contribution is 2.82. The molecule has 1 spiro atoms. The lowest BCUT2D eigenvalue weighted by Gasteiger charge is -2.61. The lowest BCUT2D eigenvalue weighted by molar-refractivity contribution is -0.172. The molecular weight excluding hydrogens is 384 g/mol. The van der Waals surface area contributed by atoms with Gasteiger partial charge in [-0.3, -0.25) is 4.79 Å². The zero-order valence-electron chi connectivity index (χ0n) is 20.5. The van der Waals surface area contributed by atoms with Crippen LogP contribution in [-0.4, -0.2) is 25.3 Å². The second-order valence-corrected chi connectivity index (χ2v) is 13.3. The molecule has 1 saturated heterocycles. The van der Waals surface area contributed by atoms with Gasteiger partial charge in [0.25, 0.3) is 0 Å². The highest BCUT2D eigenvalue weighted by Gasteiger charge is 2.77. The number of carbonyl (C=O) groups excluding carboxylic acids is 1. The smallest absolute Gasteiger partial charge is 0.308 e. The summed E-state index contributed by atoms with van der Waals surface area (Å²) in [6.07, 6.45) is 13.9. The van der Waals surface area contributed by atoms with Gasteiger partial charge < -0.3 is 9.47 Å². The second-order valence-electron chi connectivity index (χ2n) is 13.3. The standard InChI is InChI=1S/C28H44O3/c1-16-6-9-23(31-25(16)29)17(2)20-7-8-21-19-14-24(30-5)28-15-18(28)10-13-27(28,4)22(19)11-12-26(20,21)3/h16-24H,6-15H2,1-5H3/t16?,17-,18-,19-,20+,21-,22-,23+,24+,26+,27+,28-/m0/s1. The van der Waals surface area contributed by atoms with Gasteiger partial charge in [-0.1, -0.05) is 27.7 Å². The molecule has 5 saturated carbocycles. The number of esters is 1. The molecule has 1 aliphatic heterocycles. The number of ether oxygens (including phenoxy) is 2. The van der Waals surface area contributed by atoms with E-state index >= 15 is 0 Å². The molecule has 6 aliphatic rings.